The summed E-state index contributed by atoms with van der Waals surface area (Å²) in [7, 11) is 1.31. The van der Waals surface area contributed by atoms with Gasteiger partial charge in [-0.15, -0.1) is 0 Å². The largest absolute Gasteiger partial charge is 0.494 e. The van der Waals surface area contributed by atoms with Gasteiger partial charge in [-0.2, -0.15) is 0 Å². The van der Waals surface area contributed by atoms with Gasteiger partial charge < -0.3 is 34.3 Å². The van der Waals surface area contributed by atoms with E-state index in [-0.39, 0.29) is 28.0 Å². The molecule has 1 aliphatic rings. The van der Waals surface area contributed by atoms with Crippen molar-refractivity contribution in [3.05, 3.63) is 63.6 Å². The van der Waals surface area contributed by atoms with Gasteiger partial charge in [-0.05, 0) is 17.7 Å². The highest BCUT2D eigenvalue weighted by atomic mass is 35.5. The van der Waals surface area contributed by atoms with E-state index in [1.165, 1.54) is 19.2 Å². The molecule has 1 aliphatic heterocycles. The van der Waals surface area contributed by atoms with Gasteiger partial charge in [0.15, 0.2) is 18.1 Å². The first-order chi connectivity index (χ1) is 14.9. The first-order valence-electron chi connectivity index (χ1n) is 9.38. The number of aliphatic hydroxyl groups excluding tert-OH is 3. The van der Waals surface area contributed by atoms with Crippen LogP contribution in [0, 0.1) is 0 Å². The van der Waals surface area contributed by atoms with E-state index in [0.717, 1.165) is 5.56 Å². The Morgan fingerprint density at radius 3 is 2.39 bits per heavy atom. The molecule has 0 bridgehead atoms. The van der Waals surface area contributed by atoms with Crippen LogP contribution in [-0.2, 0) is 20.8 Å². The van der Waals surface area contributed by atoms with Crippen LogP contribution in [-0.4, -0.2) is 65.7 Å². The molecule has 8 nitrogen and oxygen atoms in total. The minimum Gasteiger partial charge on any atom is -0.494 e. The molecule has 1 heterocycles. The SMILES string of the molecule is COc1c(Cl)ccc(Cl)c1C(=O)O[C@H]1[C@@H](OCc2ccccc2)O[C@H](CO)[C@@H](O)[C@@H]1O. The van der Waals surface area contributed by atoms with Crippen molar-refractivity contribution < 1.29 is 39.1 Å². The number of ether oxygens (including phenoxy) is 4. The maximum Gasteiger partial charge on any atom is 0.344 e. The molecule has 10 heteroatoms. The van der Waals surface area contributed by atoms with Gasteiger partial charge in [0.1, 0.15) is 23.9 Å². The summed E-state index contributed by atoms with van der Waals surface area (Å²) in [5.41, 5.74) is 0.654. The summed E-state index contributed by atoms with van der Waals surface area (Å²) in [6.07, 6.45) is -6.94. The minimum absolute atomic E-state index is 0.000853. The zero-order chi connectivity index (χ0) is 22.5. The number of benzene rings is 2. The van der Waals surface area contributed by atoms with Crippen molar-refractivity contribution in [2.75, 3.05) is 13.7 Å². The summed E-state index contributed by atoms with van der Waals surface area (Å²) in [5, 5.41) is 30.4. The fourth-order valence-corrected chi connectivity index (χ4v) is 3.63. The molecular formula is C21H22Cl2O8. The topological polar surface area (TPSA) is 115 Å². The van der Waals surface area contributed by atoms with Crippen molar-refractivity contribution in [3.8, 4) is 5.75 Å². The zero-order valence-corrected chi connectivity index (χ0v) is 18.0. The number of rotatable bonds is 7. The standard InChI is InChI=1S/C21H22Cl2O8/c1-28-18-13(23)8-7-12(22)15(18)20(27)31-19-17(26)16(25)14(9-24)30-21(19)29-10-11-5-3-2-4-6-11/h2-8,14,16-17,19,21,24-26H,9-10H2,1H3/t14-,16-,17+,19-,21+/m1/s1. The van der Waals surface area contributed by atoms with Crippen LogP contribution in [0.15, 0.2) is 42.5 Å². The summed E-state index contributed by atoms with van der Waals surface area (Å²) in [5.74, 6) is -0.958. The van der Waals surface area contributed by atoms with Crippen LogP contribution < -0.4 is 4.74 Å². The molecule has 0 aromatic heterocycles. The zero-order valence-electron chi connectivity index (χ0n) is 16.5. The van der Waals surface area contributed by atoms with Gasteiger partial charge in [0, 0.05) is 0 Å². The maximum atomic E-state index is 12.9. The van der Waals surface area contributed by atoms with Gasteiger partial charge in [-0.3, -0.25) is 0 Å². The highest BCUT2D eigenvalue weighted by Crippen LogP contribution is 2.35. The number of methoxy groups -OCH3 is 1. The van der Waals surface area contributed by atoms with Crippen LogP contribution in [0.5, 0.6) is 5.75 Å². The molecule has 3 N–H and O–H groups in total. The molecule has 1 fully saturated rings. The highest BCUT2D eigenvalue weighted by Gasteiger charge is 2.47. The molecule has 0 spiro atoms. The fourth-order valence-electron chi connectivity index (χ4n) is 3.17. The summed E-state index contributed by atoms with van der Waals surface area (Å²) in [4.78, 5) is 12.9. The molecule has 0 unspecified atom stereocenters. The fraction of sp³-hybridized carbons (Fsp3) is 0.381. The van der Waals surface area contributed by atoms with Crippen LogP contribution in [0.25, 0.3) is 0 Å². The highest BCUT2D eigenvalue weighted by molar-refractivity contribution is 6.37. The van der Waals surface area contributed by atoms with Crippen molar-refractivity contribution in [2.45, 2.75) is 37.3 Å². The molecule has 3 rings (SSSR count). The Balaban J connectivity index is 1.84. The predicted octanol–water partition coefficient (Wildman–Crippen LogP) is 2.18. The maximum absolute atomic E-state index is 12.9. The Kier molecular flexibility index (Phi) is 8.12. The average Bonchev–Trinajstić information content (AvgIpc) is 2.78. The molecule has 31 heavy (non-hydrogen) atoms. The number of carbonyl (C=O) groups excluding carboxylic acids is 1. The van der Waals surface area contributed by atoms with Crippen LogP contribution in [0.2, 0.25) is 10.0 Å². The van der Waals surface area contributed by atoms with E-state index in [0.29, 0.717) is 0 Å². The van der Waals surface area contributed by atoms with Gasteiger partial charge in [0.2, 0.25) is 0 Å². The second kappa shape index (κ2) is 10.6. The third-order valence-corrected chi connectivity index (χ3v) is 5.40. The van der Waals surface area contributed by atoms with Crippen LogP contribution >= 0.6 is 23.2 Å². The third kappa shape index (κ3) is 5.30. The molecule has 2 aromatic carbocycles. The summed E-state index contributed by atoms with van der Waals surface area (Å²) < 4.78 is 21.8. The second-order valence-corrected chi connectivity index (χ2v) is 7.63. The van der Waals surface area contributed by atoms with E-state index in [2.05, 4.69) is 0 Å². The monoisotopic (exact) mass is 472 g/mol. The molecule has 2 aromatic rings. The number of esters is 1. The van der Waals surface area contributed by atoms with Gasteiger partial charge in [-0.25, -0.2) is 4.79 Å². The second-order valence-electron chi connectivity index (χ2n) is 6.81. The van der Waals surface area contributed by atoms with Gasteiger partial charge in [-0.1, -0.05) is 53.5 Å². The molecule has 5 atom stereocenters. The number of aliphatic hydroxyl groups is 3. The lowest BCUT2D eigenvalue weighted by atomic mass is 9.99. The van der Waals surface area contributed by atoms with E-state index in [1.54, 1.807) is 0 Å². The van der Waals surface area contributed by atoms with E-state index < -0.39 is 43.3 Å². The lowest BCUT2D eigenvalue weighted by Gasteiger charge is -2.41. The molecule has 1 saturated heterocycles. The normalized spacial score (nSPS) is 25.8. The van der Waals surface area contributed by atoms with E-state index in [4.69, 9.17) is 42.1 Å². The predicted molar refractivity (Wildman–Crippen MR) is 111 cm³/mol. The Hall–Kier alpha value is -1.91. The van der Waals surface area contributed by atoms with Crippen molar-refractivity contribution in [1.82, 2.24) is 0 Å². The third-order valence-electron chi connectivity index (χ3n) is 4.79. The number of halogens is 2. The van der Waals surface area contributed by atoms with E-state index in [9.17, 15) is 20.1 Å². The molecule has 168 valence electrons. The number of hydrogen-bond donors (Lipinski definition) is 3. The Bertz CT molecular complexity index is 894. The molecule has 0 amide bonds. The van der Waals surface area contributed by atoms with Gasteiger partial charge in [0.05, 0.1) is 30.4 Å². The summed E-state index contributed by atoms with van der Waals surface area (Å²) in [6, 6.07) is 12.0. The summed E-state index contributed by atoms with van der Waals surface area (Å²) >= 11 is 12.2. The number of hydrogen-bond acceptors (Lipinski definition) is 8. The molecule has 0 radical (unpaired) electrons. The number of carbonyl (C=O) groups is 1. The summed E-state index contributed by atoms with van der Waals surface area (Å²) in [6.45, 7) is -0.500. The van der Waals surface area contributed by atoms with Crippen molar-refractivity contribution in [3.63, 3.8) is 0 Å². The average molecular weight is 473 g/mol. The first-order valence-corrected chi connectivity index (χ1v) is 10.1. The lowest BCUT2D eigenvalue weighted by molar-refractivity contribution is -0.303. The molecule has 0 saturated carbocycles. The molecule has 0 aliphatic carbocycles. The van der Waals surface area contributed by atoms with Crippen molar-refractivity contribution >= 4 is 29.2 Å². The smallest absolute Gasteiger partial charge is 0.344 e. The first kappa shape index (κ1) is 23.7. The minimum atomic E-state index is -1.60. The van der Waals surface area contributed by atoms with Crippen molar-refractivity contribution in [1.29, 1.82) is 0 Å². The van der Waals surface area contributed by atoms with Crippen LogP contribution in [0.1, 0.15) is 15.9 Å². The lowest BCUT2D eigenvalue weighted by Crippen LogP contribution is -2.60. The van der Waals surface area contributed by atoms with E-state index >= 15 is 0 Å². The van der Waals surface area contributed by atoms with Crippen LogP contribution in [0.4, 0.5) is 0 Å². The Morgan fingerprint density at radius 2 is 1.74 bits per heavy atom. The van der Waals surface area contributed by atoms with E-state index in [1.807, 2.05) is 30.3 Å². The Morgan fingerprint density at radius 1 is 1.06 bits per heavy atom. The molecular weight excluding hydrogens is 451 g/mol. The van der Waals surface area contributed by atoms with Crippen LogP contribution in [0.3, 0.4) is 0 Å². The quantitative estimate of drug-likeness (QED) is 0.525. The van der Waals surface area contributed by atoms with Crippen molar-refractivity contribution in [2.24, 2.45) is 0 Å². The Labute approximate surface area is 188 Å². The van der Waals surface area contributed by atoms with Gasteiger partial charge in [0.25, 0.3) is 0 Å². The van der Waals surface area contributed by atoms with Gasteiger partial charge >= 0.3 is 5.97 Å².